The molecule has 0 radical (unpaired) electrons. The molecule has 0 saturated carbocycles. The minimum absolute atomic E-state index is 0.0256. The fourth-order valence-corrected chi connectivity index (χ4v) is 3.91. The van der Waals surface area contributed by atoms with Crippen molar-refractivity contribution in [3.05, 3.63) is 94.5 Å². The third kappa shape index (κ3) is 4.22. The van der Waals surface area contributed by atoms with E-state index >= 15 is 0 Å². The Bertz CT molecular complexity index is 1100. The van der Waals surface area contributed by atoms with Crippen molar-refractivity contribution < 1.29 is 9.21 Å². The first-order chi connectivity index (χ1) is 14.2. The summed E-state index contributed by atoms with van der Waals surface area (Å²) in [7, 11) is 0. The molecule has 4 nitrogen and oxygen atoms in total. The average Bonchev–Trinajstić information content (AvgIpc) is 3.41. The van der Waals surface area contributed by atoms with Crippen LogP contribution in [0.15, 0.2) is 71.5 Å². The number of furan rings is 1. The number of nitrogens with one attached hydrogen (secondary N) is 2. The summed E-state index contributed by atoms with van der Waals surface area (Å²) in [5, 5.41) is 4.80. The smallest absolute Gasteiger partial charge is 0.221 e. The van der Waals surface area contributed by atoms with Crippen LogP contribution in [-0.4, -0.2) is 10.9 Å². The Balaban J connectivity index is 1.65. The molecule has 1 unspecified atom stereocenters. The van der Waals surface area contributed by atoms with E-state index in [1.54, 1.807) is 6.26 Å². The first-order valence-corrected chi connectivity index (χ1v) is 10.2. The maximum atomic E-state index is 12.8. The van der Waals surface area contributed by atoms with E-state index in [0.29, 0.717) is 18.0 Å². The second-order valence-corrected chi connectivity index (χ2v) is 7.54. The highest BCUT2D eigenvalue weighted by Gasteiger charge is 2.22. The van der Waals surface area contributed by atoms with Crippen molar-refractivity contribution in [3.63, 3.8) is 0 Å². The van der Waals surface area contributed by atoms with Gasteiger partial charge in [-0.2, -0.15) is 0 Å². The first-order valence-electron chi connectivity index (χ1n) is 9.79. The molecule has 0 aliphatic rings. The Morgan fingerprint density at radius 3 is 2.69 bits per heavy atom. The lowest BCUT2D eigenvalue weighted by molar-refractivity contribution is -0.121. The third-order valence-corrected chi connectivity index (χ3v) is 5.54. The second kappa shape index (κ2) is 8.58. The lowest BCUT2D eigenvalue weighted by Crippen LogP contribution is -2.24. The van der Waals surface area contributed by atoms with Crippen LogP contribution in [-0.2, 0) is 17.8 Å². The van der Waals surface area contributed by atoms with E-state index in [1.807, 2.05) is 42.6 Å². The van der Waals surface area contributed by atoms with E-state index in [1.165, 1.54) is 5.56 Å². The predicted octanol–water partition coefficient (Wildman–Crippen LogP) is 5.82. The fraction of sp³-hybridized carbons (Fsp3) is 0.208. The van der Waals surface area contributed by atoms with Crippen LogP contribution >= 0.6 is 11.6 Å². The van der Waals surface area contributed by atoms with Crippen LogP contribution in [0.1, 0.15) is 41.7 Å². The number of aryl methyl sites for hydroxylation is 1. The quantitative estimate of drug-likeness (QED) is 0.406. The van der Waals surface area contributed by atoms with Gasteiger partial charge in [0.05, 0.1) is 12.8 Å². The summed E-state index contributed by atoms with van der Waals surface area (Å²) in [6.07, 6.45) is 4.93. The lowest BCUT2D eigenvalue weighted by atomic mass is 9.87. The van der Waals surface area contributed by atoms with E-state index in [2.05, 4.69) is 35.4 Å². The van der Waals surface area contributed by atoms with E-state index in [0.717, 1.165) is 34.2 Å². The molecule has 1 amide bonds. The van der Waals surface area contributed by atoms with Gasteiger partial charge in [-0.05, 0) is 47.4 Å². The number of halogens is 1. The van der Waals surface area contributed by atoms with Crippen LogP contribution in [0.2, 0.25) is 5.02 Å². The molecule has 2 aromatic carbocycles. The number of aromatic amines is 1. The summed E-state index contributed by atoms with van der Waals surface area (Å²) in [5.41, 5.74) is 4.59. The standard InChI is InChI=1S/C24H23ClN2O2/c1-2-16-5-3-7-20-22(15-27-24(16)20)21(17-8-10-18(25)11-9-17)13-23(28)26-14-19-6-4-12-29-19/h3-12,15,21,27H,2,13-14H2,1H3,(H,26,28). The van der Waals surface area contributed by atoms with Crippen LogP contribution < -0.4 is 5.32 Å². The average molecular weight is 407 g/mol. The van der Waals surface area contributed by atoms with E-state index in [9.17, 15) is 4.79 Å². The van der Waals surface area contributed by atoms with Gasteiger partial charge in [0.15, 0.2) is 0 Å². The van der Waals surface area contributed by atoms with Crippen molar-refractivity contribution >= 4 is 28.4 Å². The Kier molecular flexibility index (Phi) is 5.72. The Hall–Kier alpha value is -2.98. The molecule has 0 bridgehead atoms. The van der Waals surface area contributed by atoms with Gasteiger partial charge >= 0.3 is 0 Å². The van der Waals surface area contributed by atoms with Crippen LogP contribution in [0.4, 0.5) is 0 Å². The van der Waals surface area contributed by atoms with E-state index < -0.39 is 0 Å². The summed E-state index contributed by atoms with van der Waals surface area (Å²) >= 11 is 6.09. The van der Waals surface area contributed by atoms with Crippen molar-refractivity contribution in [1.82, 2.24) is 10.3 Å². The first kappa shape index (κ1) is 19.3. The van der Waals surface area contributed by atoms with Gasteiger partial charge in [0, 0.05) is 34.5 Å². The summed E-state index contributed by atoms with van der Waals surface area (Å²) in [5.74, 6) is 0.633. The summed E-state index contributed by atoms with van der Waals surface area (Å²) < 4.78 is 5.31. The summed E-state index contributed by atoms with van der Waals surface area (Å²) in [4.78, 5) is 16.2. The number of hydrogen-bond acceptors (Lipinski definition) is 2. The molecule has 29 heavy (non-hydrogen) atoms. The third-order valence-electron chi connectivity index (χ3n) is 5.29. The van der Waals surface area contributed by atoms with Crippen molar-refractivity contribution in [1.29, 1.82) is 0 Å². The molecular weight excluding hydrogens is 384 g/mol. The molecule has 5 heteroatoms. The fourth-order valence-electron chi connectivity index (χ4n) is 3.78. The number of para-hydroxylation sites is 1. The number of hydrogen-bond donors (Lipinski definition) is 2. The number of amides is 1. The lowest BCUT2D eigenvalue weighted by Gasteiger charge is -2.17. The maximum Gasteiger partial charge on any atom is 0.221 e. The van der Waals surface area contributed by atoms with Gasteiger partial charge in [-0.25, -0.2) is 0 Å². The molecule has 0 fully saturated rings. The van der Waals surface area contributed by atoms with Crippen LogP contribution in [0, 0.1) is 0 Å². The highest BCUT2D eigenvalue weighted by molar-refractivity contribution is 6.30. The van der Waals surface area contributed by atoms with Crippen LogP contribution in [0.3, 0.4) is 0 Å². The number of carbonyl (C=O) groups is 1. The zero-order valence-corrected chi connectivity index (χ0v) is 17.0. The Morgan fingerprint density at radius 1 is 1.14 bits per heavy atom. The van der Waals surface area contributed by atoms with Crippen molar-refractivity contribution in [2.45, 2.75) is 32.2 Å². The van der Waals surface area contributed by atoms with Crippen LogP contribution in [0.25, 0.3) is 10.9 Å². The molecule has 148 valence electrons. The topological polar surface area (TPSA) is 58.0 Å². The minimum atomic E-state index is -0.0790. The monoisotopic (exact) mass is 406 g/mol. The van der Waals surface area contributed by atoms with Gasteiger partial charge in [0.25, 0.3) is 0 Å². The number of aromatic nitrogens is 1. The number of fused-ring (bicyclic) bond motifs is 1. The number of H-pyrrole nitrogens is 1. The zero-order chi connectivity index (χ0) is 20.2. The number of carbonyl (C=O) groups excluding carboxylic acids is 1. The van der Waals surface area contributed by atoms with E-state index in [-0.39, 0.29) is 11.8 Å². The highest BCUT2D eigenvalue weighted by atomic mass is 35.5. The molecule has 0 aliphatic carbocycles. The molecule has 2 aromatic heterocycles. The molecule has 0 saturated heterocycles. The normalized spacial score (nSPS) is 12.2. The highest BCUT2D eigenvalue weighted by Crippen LogP contribution is 2.35. The zero-order valence-electron chi connectivity index (χ0n) is 16.2. The van der Waals surface area contributed by atoms with Gasteiger partial charge < -0.3 is 14.7 Å². The number of benzene rings is 2. The Morgan fingerprint density at radius 2 is 1.97 bits per heavy atom. The van der Waals surface area contributed by atoms with Gasteiger partial charge in [-0.15, -0.1) is 0 Å². The summed E-state index contributed by atoms with van der Waals surface area (Å²) in [6, 6.07) is 17.7. The molecule has 0 aliphatic heterocycles. The molecule has 4 rings (SSSR count). The van der Waals surface area contributed by atoms with Gasteiger partial charge in [-0.3, -0.25) is 4.79 Å². The molecular formula is C24H23ClN2O2. The van der Waals surface area contributed by atoms with Gasteiger partial charge in [-0.1, -0.05) is 48.9 Å². The predicted molar refractivity (Wildman–Crippen MR) is 116 cm³/mol. The summed E-state index contributed by atoms with van der Waals surface area (Å²) in [6.45, 7) is 2.53. The van der Waals surface area contributed by atoms with Gasteiger partial charge in [0.1, 0.15) is 5.76 Å². The van der Waals surface area contributed by atoms with Gasteiger partial charge in [0.2, 0.25) is 5.91 Å². The largest absolute Gasteiger partial charge is 0.467 e. The maximum absolute atomic E-state index is 12.8. The molecule has 2 heterocycles. The Labute approximate surface area is 174 Å². The van der Waals surface area contributed by atoms with Crippen LogP contribution in [0.5, 0.6) is 0 Å². The van der Waals surface area contributed by atoms with Crippen molar-refractivity contribution in [2.24, 2.45) is 0 Å². The van der Waals surface area contributed by atoms with Crippen molar-refractivity contribution in [2.75, 3.05) is 0 Å². The van der Waals surface area contributed by atoms with E-state index in [4.69, 9.17) is 16.0 Å². The molecule has 0 spiro atoms. The molecule has 2 N–H and O–H groups in total. The second-order valence-electron chi connectivity index (χ2n) is 7.10. The van der Waals surface area contributed by atoms with Crippen molar-refractivity contribution in [3.8, 4) is 0 Å². The minimum Gasteiger partial charge on any atom is -0.467 e. The molecule has 1 atom stereocenters. The number of rotatable bonds is 7. The molecule has 4 aromatic rings. The SMILES string of the molecule is CCc1cccc2c(C(CC(=O)NCc3ccco3)c3ccc(Cl)cc3)c[nH]c12.